The van der Waals surface area contributed by atoms with E-state index in [-0.39, 0.29) is 20.6 Å². The number of carbonyl (C=O) groups is 1. The molecule has 140 valence electrons. The van der Waals surface area contributed by atoms with E-state index < -0.39 is 22.5 Å². The zero-order valence-corrected chi connectivity index (χ0v) is 16.1. The molecule has 2 rings (SSSR count). The highest BCUT2D eigenvalue weighted by molar-refractivity contribution is 7.93. The maximum absolute atomic E-state index is 13.2. The van der Waals surface area contributed by atoms with E-state index in [1.54, 1.807) is 25.1 Å². The number of amides is 1. The number of halogens is 2. The maximum atomic E-state index is 13.2. The molecule has 0 aliphatic carbocycles. The number of nitrogens with one attached hydrogen (secondary N) is 1. The van der Waals surface area contributed by atoms with Crippen LogP contribution in [0.5, 0.6) is 5.75 Å². The molecule has 0 bridgehead atoms. The molecular weight excluding hydrogens is 401 g/mol. The van der Waals surface area contributed by atoms with Crippen LogP contribution in [-0.2, 0) is 14.8 Å². The minimum atomic E-state index is -4.23. The zero-order valence-electron chi connectivity index (χ0n) is 13.8. The van der Waals surface area contributed by atoms with Crippen LogP contribution in [0.4, 0.5) is 5.69 Å². The van der Waals surface area contributed by atoms with E-state index in [2.05, 4.69) is 0 Å². The van der Waals surface area contributed by atoms with Gasteiger partial charge in [0.25, 0.3) is 15.9 Å². The van der Waals surface area contributed by atoms with Gasteiger partial charge in [-0.25, -0.2) is 14.3 Å². The Hall–Kier alpha value is -2.00. The first-order chi connectivity index (χ1) is 12.3. The van der Waals surface area contributed by atoms with Crippen LogP contribution in [0, 0.1) is 0 Å². The molecule has 0 saturated carbocycles. The summed E-state index contributed by atoms with van der Waals surface area (Å²) in [5.41, 5.74) is 2.10. The number of ether oxygens (including phenoxy) is 1. The second-order valence-electron chi connectivity index (χ2n) is 5.05. The minimum absolute atomic E-state index is 0.0264. The fourth-order valence-corrected chi connectivity index (χ4v) is 4.38. The van der Waals surface area contributed by atoms with Gasteiger partial charge in [-0.1, -0.05) is 35.3 Å². The smallest absolute Gasteiger partial charge is 0.266 e. The van der Waals surface area contributed by atoms with Crippen molar-refractivity contribution >= 4 is 44.8 Å². The molecule has 0 saturated heterocycles. The van der Waals surface area contributed by atoms with Crippen LogP contribution in [-0.4, -0.2) is 27.5 Å². The number of hydrogen-bond acceptors (Lipinski definition) is 5. The molecule has 2 aromatic carbocycles. The van der Waals surface area contributed by atoms with Gasteiger partial charge in [-0.15, -0.1) is 0 Å². The molecule has 0 spiro atoms. The zero-order chi connectivity index (χ0) is 19.3. The summed E-state index contributed by atoms with van der Waals surface area (Å²) in [4.78, 5) is 11.6. The Labute approximate surface area is 161 Å². The number of carbonyl (C=O) groups excluding carboxylic acids is 1. The average Bonchev–Trinajstić information content (AvgIpc) is 2.62. The molecule has 0 heterocycles. The number of rotatable bonds is 7. The van der Waals surface area contributed by atoms with Gasteiger partial charge in [-0.2, -0.15) is 0 Å². The molecule has 0 atom stereocenters. The van der Waals surface area contributed by atoms with E-state index in [1.807, 2.05) is 5.43 Å². The van der Waals surface area contributed by atoms with Gasteiger partial charge in [0.2, 0.25) is 0 Å². The first-order valence-corrected chi connectivity index (χ1v) is 9.70. The van der Waals surface area contributed by atoms with E-state index in [0.29, 0.717) is 12.4 Å². The van der Waals surface area contributed by atoms with Gasteiger partial charge < -0.3 is 4.74 Å². The summed E-state index contributed by atoms with van der Waals surface area (Å²) in [5, 5.41) is 0.163. The van der Waals surface area contributed by atoms with E-state index >= 15 is 0 Å². The largest absolute Gasteiger partial charge is 0.492 e. The standard InChI is InChI=1S/C16H17Cl2N3O4S/c1-2-25-14-6-4-3-5-13(14)21(10-16(22)20-19)26(23,24)15-9-11(17)7-8-12(15)18/h3-9H,2,10,19H2,1H3,(H,20,22). The molecule has 10 heteroatoms. The van der Waals surface area contributed by atoms with Gasteiger partial charge in [-0.05, 0) is 37.3 Å². The number of anilines is 1. The van der Waals surface area contributed by atoms with Crippen LogP contribution in [0.3, 0.4) is 0 Å². The van der Waals surface area contributed by atoms with E-state index in [0.717, 1.165) is 4.31 Å². The summed E-state index contributed by atoms with van der Waals surface area (Å²) in [6.07, 6.45) is 0. The number of nitrogens with zero attached hydrogens (tertiary/aromatic N) is 1. The third-order valence-electron chi connectivity index (χ3n) is 3.34. The van der Waals surface area contributed by atoms with E-state index in [4.69, 9.17) is 33.8 Å². The molecule has 0 radical (unpaired) electrons. The van der Waals surface area contributed by atoms with Crippen molar-refractivity contribution in [1.29, 1.82) is 0 Å². The Morgan fingerprint density at radius 2 is 1.92 bits per heavy atom. The van der Waals surface area contributed by atoms with Gasteiger partial charge in [0.05, 0.1) is 17.3 Å². The van der Waals surface area contributed by atoms with Crippen molar-refractivity contribution in [3.8, 4) is 5.75 Å². The molecule has 1 amide bonds. The SMILES string of the molecule is CCOc1ccccc1N(CC(=O)NN)S(=O)(=O)c1cc(Cl)ccc1Cl. The maximum Gasteiger partial charge on any atom is 0.266 e. The van der Waals surface area contributed by atoms with Gasteiger partial charge in [0, 0.05) is 5.02 Å². The summed E-state index contributed by atoms with van der Waals surface area (Å²) in [6.45, 7) is 1.51. The lowest BCUT2D eigenvalue weighted by molar-refractivity contribution is -0.119. The summed E-state index contributed by atoms with van der Waals surface area (Å²) >= 11 is 12.0. The van der Waals surface area contributed by atoms with Crippen molar-refractivity contribution in [2.75, 3.05) is 17.5 Å². The molecular formula is C16H17Cl2N3O4S. The summed E-state index contributed by atoms with van der Waals surface area (Å²) in [6, 6.07) is 10.5. The van der Waals surface area contributed by atoms with Crippen molar-refractivity contribution in [3.63, 3.8) is 0 Å². The van der Waals surface area contributed by atoms with Crippen LogP contribution < -0.4 is 20.3 Å². The molecule has 26 heavy (non-hydrogen) atoms. The predicted molar refractivity (Wildman–Crippen MR) is 101 cm³/mol. The number of para-hydroxylation sites is 2. The predicted octanol–water partition coefficient (Wildman–Crippen LogP) is 2.58. The molecule has 0 unspecified atom stereocenters. The van der Waals surface area contributed by atoms with E-state index in [9.17, 15) is 13.2 Å². The number of nitrogens with two attached hydrogens (primary N) is 1. The lowest BCUT2D eigenvalue weighted by Crippen LogP contribution is -2.43. The van der Waals surface area contributed by atoms with Crippen molar-refractivity contribution < 1.29 is 17.9 Å². The van der Waals surface area contributed by atoms with E-state index in [1.165, 1.54) is 24.3 Å². The Morgan fingerprint density at radius 1 is 1.23 bits per heavy atom. The van der Waals surface area contributed by atoms with Gasteiger partial charge in [-0.3, -0.25) is 14.5 Å². The number of benzene rings is 2. The second kappa shape index (κ2) is 8.59. The van der Waals surface area contributed by atoms with Crippen LogP contribution >= 0.6 is 23.2 Å². The number of hydrazine groups is 1. The average molecular weight is 418 g/mol. The highest BCUT2D eigenvalue weighted by Gasteiger charge is 2.31. The second-order valence-corrected chi connectivity index (χ2v) is 7.73. The first-order valence-electron chi connectivity index (χ1n) is 7.50. The minimum Gasteiger partial charge on any atom is -0.492 e. The van der Waals surface area contributed by atoms with Crippen LogP contribution in [0.15, 0.2) is 47.4 Å². The topological polar surface area (TPSA) is 102 Å². The van der Waals surface area contributed by atoms with Crippen molar-refractivity contribution in [2.24, 2.45) is 5.84 Å². The van der Waals surface area contributed by atoms with Crippen molar-refractivity contribution in [3.05, 3.63) is 52.5 Å². The highest BCUT2D eigenvalue weighted by Crippen LogP contribution is 2.35. The molecule has 2 aromatic rings. The Bertz CT molecular complexity index is 906. The van der Waals surface area contributed by atoms with Crippen molar-refractivity contribution in [2.45, 2.75) is 11.8 Å². The number of sulfonamides is 1. The summed E-state index contributed by atoms with van der Waals surface area (Å²) in [5.74, 6) is 4.71. The first kappa shape index (κ1) is 20.3. The summed E-state index contributed by atoms with van der Waals surface area (Å²) < 4.78 is 32.8. The Balaban J connectivity index is 2.65. The molecule has 3 N–H and O–H groups in total. The summed E-state index contributed by atoms with van der Waals surface area (Å²) in [7, 11) is -4.23. The Kier molecular flexibility index (Phi) is 6.71. The fraction of sp³-hybridized carbons (Fsp3) is 0.188. The molecule has 0 aromatic heterocycles. The lowest BCUT2D eigenvalue weighted by Gasteiger charge is -2.26. The van der Waals surface area contributed by atoms with Crippen LogP contribution in [0.1, 0.15) is 6.92 Å². The highest BCUT2D eigenvalue weighted by atomic mass is 35.5. The molecule has 0 aliphatic rings. The van der Waals surface area contributed by atoms with Gasteiger partial charge in [0.1, 0.15) is 17.2 Å². The third kappa shape index (κ3) is 4.39. The molecule has 7 nitrogen and oxygen atoms in total. The molecule has 0 aliphatic heterocycles. The van der Waals surface area contributed by atoms with Crippen LogP contribution in [0.2, 0.25) is 10.0 Å². The monoisotopic (exact) mass is 417 g/mol. The molecule has 0 fully saturated rings. The number of hydrogen-bond donors (Lipinski definition) is 2. The van der Waals surface area contributed by atoms with Gasteiger partial charge >= 0.3 is 0 Å². The quantitative estimate of drug-likeness (QED) is 0.409. The van der Waals surface area contributed by atoms with Gasteiger partial charge in [0.15, 0.2) is 0 Å². The third-order valence-corrected chi connectivity index (χ3v) is 5.82. The normalized spacial score (nSPS) is 11.1. The van der Waals surface area contributed by atoms with Crippen LogP contribution in [0.25, 0.3) is 0 Å². The van der Waals surface area contributed by atoms with Crippen molar-refractivity contribution in [1.82, 2.24) is 5.43 Å². The Morgan fingerprint density at radius 3 is 2.58 bits per heavy atom. The fourth-order valence-electron chi connectivity index (χ4n) is 2.21. The lowest BCUT2D eigenvalue weighted by atomic mass is 10.3.